The van der Waals surface area contributed by atoms with Crippen molar-refractivity contribution >= 4 is 32.8 Å². The highest BCUT2D eigenvalue weighted by molar-refractivity contribution is 7.86. The number of hydrogen-bond donors (Lipinski definition) is 0. The molecule has 0 N–H and O–H groups in total. The minimum atomic E-state index is -3.72. The fourth-order valence-corrected chi connectivity index (χ4v) is 5.06. The normalized spacial score (nSPS) is 22.0. The first-order chi connectivity index (χ1) is 13.9. The predicted molar refractivity (Wildman–Crippen MR) is 111 cm³/mol. The smallest absolute Gasteiger partial charge is 0.266 e. The Kier molecular flexibility index (Phi) is 4.64. The van der Waals surface area contributed by atoms with Crippen molar-refractivity contribution in [2.45, 2.75) is 49.5 Å². The molecule has 0 bridgehead atoms. The third-order valence-corrected chi connectivity index (χ3v) is 7.33. The second-order valence-electron chi connectivity index (χ2n) is 8.17. The number of rotatable bonds is 6. The standard InChI is InChI=1S/C21H22ClN3O3S/c1-13-2-6-18(7-3-13)29(26,27)28-12-14-8-17(9-14)25-21-19(10-16(22)11-23-21)20(24-25)15-4-5-15/h2-3,6-7,10-11,14-15,17H,4-5,8-9,12H2,1H3/t14-,17-. The van der Waals surface area contributed by atoms with Gasteiger partial charge in [0.2, 0.25) is 0 Å². The van der Waals surface area contributed by atoms with Gasteiger partial charge in [-0.15, -0.1) is 0 Å². The quantitative estimate of drug-likeness (QED) is 0.532. The van der Waals surface area contributed by atoms with E-state index in [-0.39, 0.29) is 23.5 Å². The SMILES string of the molecule is Cc1ccc(S(=O)(=O)OC[C@H]2C[C@H](n3nc(C4CC4)c4cc(Cl)cnc43)C2)cc1. The van der Waals surface area contributed by atoms with E-state index in [0.717, 1.165) is 48.0 Å². The van der Waals surface area contributed by atoms with Crippen molar-refractivity contribution in [3.05, 3.63) is 52.8 Å². The summed E-state index contributed by atoms with van der Waals surface area (Å²) in [6.45, 7) is 2.11. The molecule has 0 unspecified atom stereocenters. The molecule has 0 spiro atoms. The number of aryl methyl sites for hydroxylation is 1. The lowest BCUT2D eigenvalue weighted by molar-refractivity contribution is 0.123. The van der Waals surface area contributed by atoms with Crippen LogP contribution in [0.3, 0.4) is 0 Å². The molecule has 0 saturated heterocycles. The van der Waals surface area contributed by atoms with Crippen LogP contribution in [0.1, 0.15) is 48.9 Å². The minimum absolute atomic E-state index is 0.191. The maximum Gasteiger partial charge on any atom is 0.296 e. The molecule has 8 heteroatoms. The van der Waals surface area contributed by atoms with E-state index < -0.39 is 10.1 Å². The lowest BCUT2D eigenvalue weighted by Gasteiger charge is -2.35. The molecule has 2 aliphatic carbocycles. The second-order valence-corrected chi connectivity index (χ2v) is 10.2. The molecule has 2 saturated carbocycles. The van der Waals surface area contributed by atoms with Crippen LogP contribution in [0.5, 0.6) is 0 Å². The monoisotopic (exact) mass is 431 g/mol. The van der Waals surface area contributed by atoms with Gasteiger partial charge in [-0.2, -0.15) is 13.5 Å². The number of aromatic nitrogens is 3. The first-order valence-corrected chi connectivity index (χ1v) is 11.7. The highest BCUT2D eigenvalue weighted by Gasteiger charge is 2.36. The molecule has 2 aromatic heterocycles. The maximum atomic E-state index is 12.4. The number of nitrogens with zero attached hydrogens (tertiary/aromatic N) is 3. The number of fused-ring (bicyclic) bond motifs is 1. The molecular formula is C21H22ClN3O3S. The summed E-state index contributed by atoms with van der Waals surface area (Å²) in [6.07, 6.45) is 5.64. The van der Waals surface area contributed by atoms with Crippen LogP contribution in [0, 0.1) is 12.8 Å². The van der Waals surface area contributed by atoms with E-state index in [4.69, 9.17) is 20.9 Å². The summed E-state index contributed by atoms with van der Waals surface area (Å²) in [5, 5.41) is 6.52. The summed E-state index contributed by atoms with van der Waals surface area (Å²) in [7, 11) is -3.72. The van der Waals surface area contributed by atoms with Crippen molar-refractivity contribution in [1.29, 1.82) is 0 Å². The van der Waals surface area contributed by atoms with Crippen LogP contribution < -0.4 is 0 Å². The first-order valence-electron chi connectivity index (χ1n) is 9.90. The average Bonchev–Trinajstić information content (AvgIpc) is 3.43. The van der Waals surface area contributed by atoms with Crippen LogP contribution in [0.4, 0.5) is 0 Å². The van der Waals surface area contributed by atoms with Crippen molar-refractivity contribution in [3.8, 4) is 0 Å². The lowest BCUT2D eigenvalue weighted by Crippen LogP contribution is -2.31. The largest absolute Gasteiger partial charge is 0.296 e. The van der Waals surface area contributed by atoms with E-state index in [0.29, 0.717) is 10.9 Å². The first kappa shape index (κ1) is 19.0. The average molecular weight is 432 g/mol. The van der Waals surface area contributed by atoms with Gasteiger partial charge in [-0.1, -0.05) is 29.3 Å². The van der Waals surface area contributed by atoms with Crippen LogP contribution in [0.25, 0.3) is 11.0 Å². The predicted octanol–water partition coefficient (Wildman–Crippen LogP) is 4.63. The highest BCUT2D eigenvalue weighted by Crippen LogP contribution is 2.45. The third-order valence-electron chi connectivity index (χ3n) is 5.83. The molecule has 2 fully saturated rings. The Morgan fingerprint density at radius 1 is 1.21 bits per heavy atom. The fourth-order valence-electron chi connectivity index (χ4n) is 3.93. The summed E-state index contributed by atoms with van der Waals surface area (Å²) in [4.78, 5) is 4.71. The van der Waals surface area contributed by atoms with Gasteiger partial charge in [0, 0.05) is 17.5 Å². The van der Waals surface area contributed by atoms with E-state index in [2.05, 4.69) is 4.98 Å². The molecule has 2 aliphatic rings. The molecule has 5 rings (SSSR count). The molecule has 152 valence electrons. The second kappa shape index (κ2) is 7.07. The minimum Gasteiger partial charge on any atom is -0.266 e. The Hall–Kier alpha value is -1.96. The molecule has 6 nitrogen and oxygen atoms in total. The Morgan fingerprint density at radius 3 is 2.62 bits per heavy atom. The Morgan fingerprint density at radius 2 is 1.93 bits per heavy atom. The van der Waals surface area contributed by atoms with E-state index >= 15 is 0 Å². The topological polar surface area (TPSA) is 74.1 Å². The van der Waals surface area contributed by atoms with Crippen LogP contribution in [0.15, 0.2) is 41.4 Å². The molecule has 0 aliphatic heterocycles. The summed E-state index contributed by atoms with van der Waals surface area (Å²) in [5.74, 6) is 0.703. The summed E-state index contributed by atoms with van der Waals surface area (Å²) < 4.78 is 32.1. The lowest BCUT2D eigenvalue weighted by atomic mass is 9.81. The molecule has 0 radical (unpaired) electrons. The molecule has 29 heavy (non-hydrogen) atoms. The third kappa shape index (κ3) is 3.67. The van der Waals surface area contributed by atoms with Crippen LogP contribution >= 0.6 is 11.6 Å². The van der Waals surface area contributed by atoms with Crippen LogP contribution in [-0.4, -0.2) is 29.8 Å². The van der Waals surface area contributed by atoms with E-state index in [1.807, 2.05) is 17.7 Å². The van der Waals surface area contributed by atoms with Crippen molar-refractivity contribution < 1.29 is 12.6 Å². The van der Waals surface area contributed by atoms with E-state index in [1.54, 1.807) is 30.5 Å². The van der Waals surface area contributed by atoms with Crippen molar-refractivity contribution in [3.63, 3.8) is 0 Å². The number of hydrogen-bond acceptors (Lipinski definition) is 5. The van der Waals surface area contributed by atoms with E-state index in [9.17, 15) is 8.42 Å². The summed E-state index contributed by atoms with van der Waals surface area (Å²) >= 11 is 6.15. The van der Waals surface area contributed by atoms with Gasteiger partial charge in [-0.25, -0.2) is 9.67 Å². The van der Waals surface area contributed by atoms with Crippen molar-refractivity contribution in [1.82, 2.24) is 14.8 Å². The van der Waals surface area contributed by atoms with Crippen molar-refractivity contribution in [2.24, 2.45) is 5.92 Å². The fraction of sp³-hybridized carbons (Fsp3) is 0.429. The number of benzene rings is 1. The van der Waals surface area contributed by atoms with Gasteiger partial charge in [0.1, 0.15) is 0 Å². The summed E-state index contributed by atoms with van der Waals surface area (Å²) in [6, 6.07) is 8.88. The van der Waals surface area contributed by atoms with Gasteiger partial charge in [0.15, 0.2) is 5.65 Å². The Bertz CT molecular complexity index is 1160. The van der Waals surface area contributed by atoms with Gasteiger partial charge >= 0.3 is 0 Å². The molecule has 1 aromatic carbocycles. The molecule has 0 amide bonds. The van der Waals surface area contributed by atoms with Gasteiger partial charge in [0.25, 0.3) is 10.1 Å². The molecule has 0 atom stereocenters. The van der Waals surface area contributed by atoms with Crippen LogP contribution in [-0.2, 0) is 14.3 Å². The van der Waals surface area contributed by atoms with Gasteiger partial charge in [-0.05, 0) is 56.7 Å². The zero-order chi connectivity index (χ0) is 20.2. The van der Waals surface area contributed by atoms with Gasteiger partial charge in [0.05, 0.1) is 28.3 Å². The number of pyridine rings is 1. The molecule has 3 aromatic rings. The Labute approximate surface area is 175 Å². The molecular weight excluding hydrogens is 410 g/mol. The number of halogens is 1. The molecule has 2 heterocycles. The Balaban J connectivity index is 1.26. The van der Waals surface area contributed by atoms with E-state index in [1.165, 1.54) is 0 Å². The van der Waals surface area contributed by atoms with Gasteiger partial charge in [-0.3, -0.25) is 4.18 Å². The van der Waals surface area contributed by atoms with Gasteiger partial charge < -0.3 is 0 Å². The zero-order valence-corrected chi connectivity index (χ0v) is 17.7. The maximum absolute atomic E-state index is 12.4. The highest BCUT2D eigenvalue weighted by atomic mass is 35.5. The zero-order valence-electron chi connectivity index (χ0n) is 16.1. The van der Waals surface area contributed by atoms with Crippen LogP contribution in [0.2, 0.25) is 5.02 Å². The summed E-state index contributed by atoms with van der Waals surface area (Å²) in [5.41, 5.74) is 2.97. The van der Waals surface area contributed by atoms with Crippen molar-refractivity contribution in [2.75, 3.05) is 6.61 Å².